The summed E-state index contributed by atoms with van der Waals surface area (Å²) in [5.41, 5.74) is -1.98. The third kappa shape index (κ3) is 5.97. The van der Waals surface area contributed by atoms with Gasteiger partial charge in [-0.05, 0) is 86.4 Å². The Labute approximate surface area is 342 Å². The van der Waals surface area contributed by atoms with Crippen molar-refractivity contribution in [3.63, 3.8) is 0 Å². The molecular weight excluding hydrogens is 752 g/mol. The lowest BCUT2D eigenvalue weighted by atomic mass is 9.32. The number of fused-ring (bicyclic) bond motifs is 4. The molecule has 7 N–H and O–H groups in total. The van der Waals surface area contributed by atoms with E-state index in [1.54, 1.807) is 6.92 Å². The average Bonchev–Trinajstić information content (AvgIpc) is 3.44. The van der Waals surface area contributed by atoms with E-state index in [1.165, 1.54) is 6.92 Å². The molecule has 3 aliphatic heterocycles. The van der Waals surface area contributed by atoms with Crippen molar-refractivity contribution in [3.05, 3.63) is 12.2 Å². The van der Waals surface area contributed by atoms with Gasteiger partial charge >= 0.3 is 5.97 Å². The molecule has 330 valence electrons. The number of carbonyl (C=O) groups excluding carboxylic acids is 1. The molecule has 14 heteroatoms. The lowest BCUT2D eigenvalue weighted by molar-refractivity contribution is -0.367. The zero-order valence-corrected chi connectivity index (χ0v) is 35.6. The van der Waals surface area contributed by atoms with Crippen LogP contribution < -0.4 is 0 Å². The van der Waals surface area contributed by atoms with E-state index in [0.29, 0.717) is 19.4 Å². The van der Waals surface area contributed by atoms with E-state index in [-0.39, 0.29) is 51.4 Å². The molecular formula is C44H70O14. The Hall–Kier alpha value is -1.27. The van der Waals surface area contributed by atoms with E-state index in [1.807, 2.05) is 0 Å². The highest BCUT2D eigenvalue weighted by Crippen LogP contribution is 2.79. The number of carbonyl (C=O) groups is 1. The van der Waals surface area contributed by atoms with Crippen molar-refractivity contribution in [2.24, 2.45) is 50.2 Å². The minimum atomic E-state index is -1.76. The highest BCUT2D eigenvalue weighted by molar-refractivity contribution is 5.65. The first-order valence-corrected chi connectivity index (χ1v) is 21.8. The Bertz CT molecular complexity index is 1610. The Morgan fingerprint density at radius 2 is 1.50 bits per heavy atom. The van der Waals surface area contributed by atoms with Gasteiger partial charge in [0.1, 0.15) is 49.3 Å². The summed E-state index contributed by atoms with van der Waals surface area (Å²) in [5.74, 6) is -0.223. The van der Waals surface area contributed by atoms with Crippen molar-refractivity contribution < 1.29 is 69.0 Å². The van der Waals surface area contributed by atoms with E-state index in [0.717, 1.165) is 38.5 Å². The van der Waals surface area contributed by atoms with Crippen LogP contribution in [0.25, 0.3) is 0 Å². The van der Waals surface area contributed by atoms with E-state index >= 15 is 0 Å². The molecule has 4 saturated carbocycles. The summed E-state index contributed by atoms with van der Waals surface area (Å²) in [5, 5.41) is 78.2. The summed E-state index contributed by atoms with van der Waals surface area (Å²) in [6, 6.07) is 0. The molecule has 0 aromatic rings. The molecule has 1 spiro atoms. The van der Waals surface area contributed by atoms with Crippen LogP contribution >= 0.6 is 0 Å². The van der Waals surface area contributed by atoms with E-state index < -0.39 is 97.2 Å². The fourth-order valence-electron chi connectivity index (χ4n) is 14.5. The Balaban J connectivity index is 1.03. The van der Waals surface area contributed by atoms with Gasteiger partial charge in [-0.25, -0.2) is 0 Å². The number of rotatable bonds is 7. The molecule has 0 amide bonds. The van der Waals surface area contributed by atoms with Crippen LogP contribution in [-0.4, -0.2) is 141 Å². The summed E-state index contributed by atoms with van der Waals surface area (Å²) < 4.78 is 36.5. The van der Waals surface area contributed by atoms with Gasteiger partial charge in [-0.2, -0.15) is 0 Å². The summed E-state index contributed by atoms with van der Waals surface area (Å²) in [6.45, 7) is 16.8. The predicted molar refractivity (Wildman–Crippen MR) is 206 cm³/mol. The number of esters is 1. The van der Waals surface area contributed by atoms with Crippen LogP contribution in [0.3, 0.4) is 0 Å². The molecule has 14 nitrogen and oxygen atoms in total. The zero-order valence-electron chi connectivity index (χ0n) is 35.6. The van der Waals surface area contributed by atoms with Crippen LogP contribution in [0, 0.1) is 50.2 Å². The summed E-state index contributed by atoms with van der Waals surface area (Å²) in [4.78, 5) is 11.4. The molecule has 2 bridgehead atoms. The fourth-order valence-corrected chi connectivity index (χ4v) is 14.5. The monoisotopic (exact) mass is 822 g/mol. The van der Waals surface area contributed by atoms with Crippen LogP contribution in [0.1, 0.15) is 107 Å². The van der Waals surface area contributed by atoms with Gasteiger partial charge in [0.15, 0.2) is 12.6 Å². The van der Waals surface area contributed by atoms with Crippen LogP contribution in [0.2, 0.25) is 0 Å². The van der Waals surface area contributed by atoms with Crippen LogP contribution in [0.4, 0.5) is 0 Å². The molecule has 0 aromatic carbocycles. The maximum absolute atomic E-state index is 12.2. The Morgan fingerprint density at radius 3 is 2.19 bits per heavy atom. The average molecular weight is 823 g/mol. The fraction of sp³-hybridized carbons (Fsp3) is 0.932. The highest BCUT2D eigenvalue weighted by atomic mass is 16.7. The van der Waals surface area contributed by atoms with Crippen molar-refractivity contribution in [1.82, 2.24) is 0 Å². The van der Waals surface area contributed by atoms with Crippen molar-refractivity contribution >= 4 is 5.97 Å². The van der Waals surface area contributed by atoms with Crippen LogP contribution in [0.15, 0.2) is 12.2 Å². The molecule has 58 heavy (non-hydrogen) atoms. The molecule has 5 aliphatic carbocycles. The van der Waals surface area contributed by atoms with Gasteiger partial charge in [0.2, 0.25) is 0 Å². The SMILES string of the molecule is CC(=O)OC[C@@H]1O[C@H](O[C@H]2[C@H](O)[C@@H](O[C@@H]3CC[C@@]4(C)[C@@H](CC[C@]5(C)[C@@H]4C=C[C@@]46OC[C@]7(CCC(C)(C)C[C@H]74)[C@@H](O)C[C@]56C)[C@]3(C)CO)O[C@@H](C)[C@@H]2O)[C@@H](O)[C@H](O)[C@H]1O. The largest absolute Gasteiger partial charge is 0.463 e. The van der Waals surface area contributed by atoms with Gasteiger partial charge < -0.3 is 64.2 Å². The van der Waals surface area contributed by atoms with E-state index in [4.69, 9.17) is 28.4 Å². The van der Waals surface area contributed by atoms with Crippen molar-refractivity contribution in [2.75, 3.05) is 19.8 Å². The molecule has 0 radical (unpaired) electrons. The minimum absolute atomic E-state index is 0.0264. The summed E-state index contributed by atoms with van der Waals surface area (Å²) in [6.07, 6.45) is -3.78. The lowest BCUT2D eigenvalue weighted by Gasteiger charge is -2.73. The smallest absolute Gasteiger partial charge is 0.302 e. The summed E-state index contributed by atoms with van der Waals surface area (Å²) >= 11 is 0. The molecule has 21 atom stereocenters. The van der Waals surface area contributed by atoms with Crippen molar-refractivity contribution in [2.45, 2.75) is 186 Å². The number of aliphatic hydroxyl groups is 7. The van der Waals surface area contributed by atoms with Gasteiger partial charge in [0.25, 0.3) is 0 Å². The number of aliphatic hydroxyl groups excluding tert-OH is 7. The van der Waals surface area contributed by atoms with Crippen LogP contribution in [-0.2, 0) is 33.2 Å². The van der Waals surface area contributed by atoms with Crippen molar-refractivity contribution in [3.8, 4) is 0 Å². The third-order valence-electron chi connectivity index (χ3n) is 18.2. The Morgan fingerprint density at radius 1 is 0.793 bits per heavy atom. The van der Waals surface area contributed by atoms with Gasteiger partial charge in [-0.3, -0.25) is 4.79 Å². The van der Waals surface area contributed by atoms with E-state index in [9.17, 15) is 40.5 Å². The molecule has 7 fully saturated rings. The number of hydrogen-bond acceptors (Lipinski definition) is 14. The molecule has 0 aromatic heterocycles. The van der Waals surface area contributed by atoms with E-state index in [2.05, 4.69) is 53.7 Å². The van der Waals surface area contributed by atoms with Gasteiger partial charge in [-0.15, -0.1) is 0 Å². The zero-order chi connectivity index (χ0) is 42.2. The second-order valence-corrected chi connectivity index (χ2v) is 21.6. The first-order valence-electron chi connectivity index (χ1n) is 21.8. The molecule has 3 saturated heterocycles. The maximum atomic E-state index is 12.2. The maximum Gasteiger partial charge on any atom is 0.302 e. The van der Waals surface area contributed by atoms with Crippen LogP contribution in [0.5, 0.6) is 0 Å². The number of ether oxygens (including phenoxy) is 6. The molecule has 8 rings (SSSR count). The highest BCUT2D eigenvalue weighted by Gasteiger charge is 2.79. The Kier molecular flexibility index (Phi) is 10.8. The molecule has 3 heterocycles. The summed E-state index contributed by atoms with van der Waals surface area (Å²) in [7, 11) is 0. The topological polar surface area (TPSA) is 214 Å². The standard InChI is InChI=1S/C44H70O14/c1-22-30(48)35(58-36-33(51)32(50)31(49)24(56-36)19-53-23(2)46)34(52)37(55-22)57-29-11-12-39(5)25(40(29,6)20-45)9-13-41(7)26(39)10-14-44-27-17-38(3,4)15-16-43(27,21-54-44)28(47)18-42(41,44)8/h10,14,22,24-37,45,47-52H,9,11-13,15-21H2,1-8H3/t22-,24-,25+,26+,27+,28-,29+,30-,31-,32+,33-,34-,35+,36+,37+,39-,40-,41+,42+,43-,44+/m0/s1. The molecule has 0 unspecified atom stereocenters. The van der Waals surface area contributed by atoms with Gasteiger partial charge in [-0.1, -0.05) is 53.7 Å². The first kappa shape index (κ1) is 43.4. The minimum Gasteiger partial charge on any atom is -0.463 e. The predicted octanol–water partition coefficient (Wildman–Crippen LogP) is 2.35. The molecule has 8 aliphatic rings. The van der Waals surface area contributed by atoms with Gasteiger partial charge in [0, 0.05) is 29.1 Å². The lowest BCUT2D eigenvalue weighted by Crippen LogP contribution is -2.72. The second-order valence-electron chi connectivity index (χ2n) is 21.6. The van der Waals surface area contributed by atoms with Gasteiger partial charge in [0.05, 0.1) is 37.1 Å². The number of hydrogen-bond donors (Lipinski definition) is 7. The quantitative estimate of drug-likeness (QED) is 0.112. The number of allylic oxidation sites excluding steroid dienone is 1. The first-order chi connectivity index (χ1) is 27.0. The third-order valence-corrected chi connectivity index (χ3v) is 18.2. The normalized spacial score (nSPS) is 57.1. The van der Waals surface area contributed by atoms with Crippen molar-refractivity contribution in [1.29, 1.82) is 0 Å². The second kappa shape index (κ2) is 14.4.